The zero-order valence-corrected chi connectivity index (χ0v) is 17.7. The first kappa shape index (κ1) is 19.6. The number of hydrogen-bond donors (Lipinski definition) is 2. The molecule has 0 bridgehead atoms. The number of benzene rings is 2. The third-order valence-electron chi connectivity index (χ3n) is 5.24. The summed E-state index contributed by atoms with van der Waals surface area (Å²) < 4.78 is 5.28. The maximum atomic E-state index is 5.28. The van der Waals surface area contributed by atoms with E-state index >= 15 is 0 Å². The Morgan fingerprint density at radius 2 is 1.75 bits per heavy atom. The number of aryl methyl sites for hydroxylation is 1. The quantitative estimate of drug-likeness (QED) is 0.417. The van der Waals surface area contributed by atoms with Crippen LogP contribution < -0.4 is 10.1 Å². The molecule has 0 aliphatic carbocycles. The highest BCUT2D eigenvalue weighted by Gasteiger charge is 2.11. The van der Waals surface area contributed by atoms with Gasteiger partial charge in [0.05, 0.1) is 18.3 Å². The Morgan fingerprint density at radius 3 is 2.50 bits per heavy atom. The number of rotatable bonds is 6. The Morgan fingerprint density at radius 1 is 0.938 bits per heavy atom. The molecule has 3 aromatic heterocycles. The molecule has 8 nitrogen and oxygen atoms in total. The Labute approximate surface area is 184 Å². The van der Waals surface area contributed by atoms with Crippen LogP contribution in [0.15, 0.2) is 66.7 Å². The number of tetrazole rings is 1. The van der Waals surface area contributed by atoms with Gasteiger partial charge < -0.3 is 10.1 Å². The fraction of sp³-hybridized carbons (Fsp3) is 0.125. The van der Waals surface area contributed by atoms with Crippen LogP contribution in [0.2, 0.25) is 0 Å². The average Bonchev–Trinajstić information content (AvgIpc) is 3.37. The number of anilines is 1. The molecule has 0 fully saturated rings. The van der Waals surface area contributed by atoms with Crippen LogP contribution in [0.5, 0.6) is 5.88 Å². The molecular weight excluding hydrogens is 402 g/mol. The van der Waals surface area contributed by atoms with Crippen LogP contribution in [-0.4, -0.2) is 37.7 Å². The lowest BCUT2D eigenvalue weighted by Crippen LogP contribution is -2.03. The van der Waals surface area contributed by atoms with E-state index in [2.05, 4.69) is 66.2 Å². The number of nitrogens with zero attached hydrogens (tertiary/aromatic N) is 5. The zero-order valence-electron chi connectivity index (χ0n) is 17.7. The molecule has 0 radical (unpaired) electrons. The van der Waals surface area contributed by atoms with Crippen LogP contribution in [0.1, 0.15) is 11.3 Å². The minimum atomic E-state index is 0.566. The molecule has 8 heteroatoms. The minimum Gasteiger partial charge on any atom is -0.481 e. The molecule has 158 valence electrons. The van der Waals surface area contributed by atoms with Crippen molar-refractivity contribution in [2.45, 2.75) is 13.5 Å². The molecule has 32 heavy (non-hydrogen) atoms. The Hall–Kier alpha value is -4.33. The monoisotopic (exact) mass is 423 g/mol. The van der Waals surface area contributed by atoms with Crippen LogP contribution in [0.25, 0.3) is 33.5 Å². The van der Waals surface area contributed by atoms with Crippen LogP contribution in [0.3, 0.4) is 0 Å². The summed E-state index contributed by atoms with van der Waals surface area (Å²) in [6, 6.07) is 22.3. The summed E-state index contributed by atoms with van der Waals surface area (Å²) in [6.07, 6.45) is 0. The van der Waals surface area contributed by atoms with E-state index in [4.69, 9.17) is 4.74 Å². The average molecular weight is 423 g/mol. The number of aromatic amines is 1. The van der Waals surface area contributed by atoms with Crippen molar-refractivity contribution in [2.24, 2.45) is 0 Å². The zero-order chi connectivity index (χ0) is 21.9. The van der Waals surface area contributed by atoms with Gasteiger partial charge in [0, 0.05) is 23.9 Å². The smallest absolute Gasteiger partial charge is 0.213 e. The van der Waals surface area contributed by atoms with Gasteiger partial charge in [0.2, 0.25) is 5.88 Å². The molecule has 0 saturated carbocycles. The minimum absolute atomic E-state index is 0.566. The topological polar surface area (TPSA) is 101 Å². The first-order valence-corrected chi connectivity index (χ1v) is 10.2. The molecule has 0 amide bonds. The number of pyridine rings is 2. The molecule has 0 saturated heterocycles. The summed E-state index contributed by atoms with van der Waals surface area (Å²) >= 11 is 0. The largest absolute Gasteiger partial charge is 0.481 e. The van der Waals surface area contributed by atoms with Crippen LogP contribution in [0.4, 0.5) is 5.69 Å². The number of fused-ring (bicyclic) bond motifs is 1. The number of hydrogen-bond acceptors (Lipinski definition) is 7. The van der Waals surface area contributed by atoms with Crippen molar-refractivity contribution < 1.29 is 4.74 Å². The summed E-state index contributed by atoms with van der Waals surface area (Å²) in [7, 11) is 1.61. The van der Waals surface area contributed by atoms with E-state index in [1.165, 1.54) is 0 Å². The van der Waals surface area contributed by atoms with Gasteiger partial charge in [-0.1, -0.05) is 48.5 Å². The maximum absolute atomic E-state index is 5.28. The van der Waals surface area contributed by atoms with E-state index in [-0.39, 0.29) is 0 Å². The standard InChI is InChI=1S/C24H21N7O/c1-15-13-21(23-20(26-15)11-12-22(27-23)32-2)25-14-16-7-9-17(10-8-16)18-5-3-4-6-19(18)24-28-30-31-29-24/h3-13H,14H2,1-2H3,(H,25,26)(H,28,29,30,31). The van der Waals surface area contributed by atoms with Crippen molar-refractivity contribution in [3.63, 3.8) is 0 Å². The van der Waals surface area contributed by atoms with Gasteiger partial charge in [-0.2, -0.15) is 0 Å². The summed E-state index contributed by atoms with van der Waals surface area (Å²) in [5, 5.41) is 17.8. The van der Waals surface area contributed by atoms with Gasteiger partial charge in [-0.05, 0) is 46.2 Å². The SMILES string of the molecule is COc1ccc2nc(C)cc(NCc3ccc(-c4ccccc4-c4nnn[nH]4)cc3)c2n1. The lowest BCUT2D eigenvalue weighted by atomic mass is 9.98. The molecule has 0 atom stereocenters. The fourth-order valence-electron chi connectivity index (χ4n) is 3.68. The molecular formula is C24H21N7O. The predicted octanol–water partition coefficient (Wildman–Crippen LogP) is 4.41. The van der Waals surface area contributed by atoms with Gasteiger partial charge in [0.1, 0.15) is 5.52 Å². The molecule has 3 heterocycles. The van der Waals surface area contributed by atoms with E-state index in [0.717, 1.165) is 44.7 Å². The summed E-state index contributed by atoms with van der Waals surface area (Å²) in [4.78, 5) is 9.14. The second kappa shape index (κ2) is 8.43. The highest BCUT2D eigenvalue weighted by molar-refractivity contribution is 5.88. The highest BCUT2D eigenvalue weighted by atomic mass is 16.5. The maximum Gasteiger partial charge on any atom is 0.213 e. The lowest BCUT2D eigenvalue weighted by Gasteiger charge is -2.12. The van der Waals surface area contributed by atoms with Crippen LogP contribution in [-0.2, 0) is 6.54 Å². The fourth-order valence-corrected chi connectivity index (χ4v) is 3.68. The third kappa shape index (κ3) is 3.85. The van der Waals surface area contributed by atoms with E-state index in [1.54, 1.807) is 7.11 Å². The Balaban J connectivity index is 1.39. The van der Waals surface area contributed by atoms with E-state index < -0.39 is 0 Å². The van der Waals surface area contributed by atoms with Gasteiger partial charge in [-0.25, -0.2) is 10.1 Å². The highest BCUT2D eigenvalue weighted by Crippen LogP contribution is 2.30. The van der Waals surface area contributed by atoms with E-state index in [0.29, 0.717) is 18.2 Å². The Bertz CT molecular complexity index is 1370. The number of aromatic nitrogens is 6. The Kier molecular flexibility index (Phi) is 5.17. The molecule has 0 unspecified atom stereocenters. The second-order valence-corrected chi connectivity index (χ2v) is 7.38. The van der Waals surface area contributed by atoms with Crippen molar-refractivity contribution in [3.05, 3.63) is 78.0 Å². The van der Waals surface area contributed by atoms with Crippen molar-refractivity contribution in [3.8, 4) is 28.4 Å². The van der Waals surface area contributed by atoms with E-state index in [1.807, 2.05) is 43.3 Å². The molecule has 2 aromatic carbocycles. The van der Waals surface area contributed by atoms with Crippen molar-refractivity contribution in [2.75, 3.05) is 12.4 Å². The molecule has 0 spiro atoms. The summed E-state index contributed by atoms with van der Waals surface area (Å²) in [5.74, 6) is 1.21. The predicted molar refractivity (Wildman–Crippen MR) is 123 cm³/mol. The number of methoxy groups -OCH3 is 1. The third-order valence-corrected chi connectivity index (χ3v) is 5.24. The molecule has 0 aliphatic rings. The van der Waals surface area contributed by atoms with Crippen LogP contribution in [0, 0.1) is 6.92 Å². The van der Waals surface area contributed by atoms with E-state index in [9.17, 15) is 0 Å². The van der Waals surface area contributed by atoms with Crippen LogP contribution >= 0.6 is 0 Å². The summed E-state index contributed by atoms with van der Waals surface area (Å²) in [6.45, 7) is 2.64. The van der Waals surface area contributed by atoms with Crippen molar-refractivity contribution in [1.29, 1.82) is 0 Å². The number of nitrogens with one attached hydrogen (secondary N) is 2. The van der Waals surface area contributed by atoms with Crippen molar-refractivity contribution in [1.82, 2.24) is 30.6 Å². The first-order chi connectivity index (χ1) is 15.7. The van der Waals surface area contributed by atoms with Gasteiger partial charge in [-0.15, -0.1) is 5.10 Å². The van der Waals surface area contributed by atoms with Gasteiger partial charge in [0.15, 0.2) is 5.82 Å². The number of ether oxygens (including phenoxy) is 1. The van der Waals surface area contributed by atoms with Crippen molar-refractivity contribution >= 4 is 16.7 Å². The van der Waals surface area contributed by atoms with Gasteiger partial charge in [0.25, 0.3) is 0 Å². The second-order valence-electron chi connectivity index (χ2n) is 7.38. The first-order valence-electron chi connectivity index (χ1n) is 10.2. The normalized spacial score (nSPS) is 10.9. The van der Waals surface area contributed by atoms with Gasteiger partial charge in [-0.3, -0.25) is 4.98 Å². The molecule has 5 aromatic rings. The molecule has 0 aliphatic heterocycles. The molecule has 5 rings (SSSR count). The summed E-state index contributed by atoms with van der Waals surface area (Å²) in [5.41, 5.74) is 7.76. The number of H-pyrrole nitrogens is 1. The van der Waals surface area contributed by atoms with Gasteiger partial charge >= 0.3 is 0 Å². The molecule has 2 N–H and O–H groups in total. The lowest BCUT2D eigenvalue weighted by molar-refractivity contribution is 0.399.